The summed E-state index contributed by atoms with van der Waals surface area (Å²) in [4.78, 5) is 51.2. The van der Waals surface area contributed by atoms with E-state index in [-0.39, 0.29) is 35.3 Å². The third kappa shape index (κ3) is 4.45. The Balaban J connectivity index is 1.32. The van der Waals surface area contributed by atoms with Crippen LogP contribution in [0.4, 0.5) is 11.4 Å². The molecule has 2 aromatic carbocycles. The number of ether oxygens (including phenoxy) is 1. The SMILES string of the molecule is COC(=O)c1ccc(NC(=O)CSc2ccc(N3C(=O)[C@H]4CC=CC[C@H]4C3=O)cc2)cc1. The minimum absolute atomic E-state index is 0.137. The van der Waals surface area contributed by atoms with Gasteiger partial charge in [-0.25, -0.2) is 4.79 Å². The van der Waals surface area contributed by atoms with Gasteiger partial charge in [0, 0.05) is 10.6 Å². The number of imide groups is 1. The van der Waals surface area contributed by atoms with E-state index in [0.29, 0.717) is 29.8 Å². The van der Waals surface area contributed by atoms with Crippen LogP contribution in [0.25, 0.3) is 0 Å². The minimum Gasteiger partial charge on any atom is -0.465 e. The highest BCUT2D eigenvalue weighted by molar-refractivity contribution is 8.00. The number of anilines is 2. The molecule has 0 spiro atoms. The van der Waals surface area contributed by atoms with Crippen molar-refractivity contribution in [2.75, 3.05) is 23.1 Å². The van der Waals surface area contributed by atoms with Crippen LogP contribution in [0.15, 0.2) is 65.6 Å². The average Bonchev–Trinajstić information content (AvgIpc) is 3.08. The summed E-state index contributed by atoms with van der Waals surface area (Å²) >= 11 is 1.35. The zero-order chi connectivity index (χ0) is 22.7. The molecule has 7 nitrogen and oxygen atoms in total. The van der Waals surface area contributed by atoms with E-state index in [1.807, 2.05) is 12.2 Å². The number of amides is 3. The van der Waals surface area contributed by atoms with E-state index in [4.69, 9.17) is 0 Å². The van der Waals surface area contributed by atoms with Crippen LogP contribution in [-0.4, -0.2) is 36.6 Å². The summed E-state index contributed by atoms with van der Waals surface area (Å²) in [7, 11) is 1.31. The number of carbonyl (C=O) groups is 4. The Morgan fingerprint density at radius 1 is 0.969 bits per heavy atom. The molecule has 0 bridgehead atoms. The van der Waals surface area contributed by atoms with Gasteiger partial charge in [0.15, 0.2) is 0 Å². The third-order valence-electron chi connectivity index (χ3n) is 5.56. The fraction of sp³-hybridized carbons (Fsp3) is 0.250. The molecule has 2 atom stereocenters. The monoisotopic (exact) mass is 450 g/mol. The zero-order valence-corrected chi connectivity index (χ0v) is 18.3. The van der Waals surface area contributed by atoms with Gasteiger partial charge in [-0.1, -0.05) is 12.2 Å². The summed E-state index contributed by atoms with van der Waals surface area (Å²) < 4.78 is 4.65. The van der Waals surface area contributed by atoms with Gasteiger partial charge < -0.3 is 10.1 Å². The molecule has 1 fully saturated rings. The van der Waals surface area contributed by atoms with Gasteiger partial charge in [0.2, 0.25) is 17.7 Å². The van der Waals surface area contributed by atoms with Crippen molar-refractivity contribution in [3.8, 4) is 0 Å². The van der Waals surface area contributed by atoms with E-state index in [2.05, 4.69) is 10.1 Å². The molecule has 1 heterocycles. The van der Waals surface area contributed by atoms with Crippen LogP contribution in [0.5, 0.6) is 0 Å². The van der Waals surface area contributed by atoms with E-state index in [1.165, 1.54) is 23.8 Å². The van der Waals surface area contributed by atoms with Gasteiger partial charge in [-0.2, -0.15) is 0 Å². The van der Waals surface area contributed by atoms with Crippen LogP contribution < -0.4 is 10.2 Å². The van der Waals surface area contributed by atoms with Crippen molar-refractivity contribution >= 4 is 46.8 Å². The molecule has 2 aromatic rings. The first kappa shape index (κ1) is 21.8. The highest BCUT2D eigenvalue weighted by Gasteiger charge is 2.47. The van der Waals surface area contributed by atoms with E-state index in [0.717, 1.165) is 4.90 Å². The lowest BCUT2D eigenvalue weighted by molar-refractivity contribution is -0.122. The number of nitrogens with one attached hydrogen (secondary N) is 1. The van der Waals surface area contributed by atoms with Crippen molar-refractivity contribution in [1.29, 1.82) is 0 Å². The Hall–Kier alpha value is -3.39. The fourth-order valence-electron chi connectivity index (χ4n) is 3.90. The van der Waals surface area contributed by atoms with Crippen LogP contribution in [0, 0.1) is 11.8 Å². The molecule has 4 rings (SSSR count). The van der Waals surface area contributed by atoms with E-state index in [1.54, 1.807) is 48.5 Å². The second-order valence-electron chi connectivity index (χ2n) is 7.57. The standard InChI is InChI=1S/C24H22N2O5S/c1-31-24(30)15-6-8-16(9-7-15)25-21(27)14-32-18-12-10-17(11-13-18)26-22(28)19-4-2-3-5-20(19)23(26)29/h2-3,6-13,19-20H,4-5,14H2,1H3,(H,25,27)/t19-,20+. The van der Waals surface area contributed by atoms with Gasteiger partial charge in [0.25, 0.3) is 0 Å². The first-order valence-electron chi connectivity index (χ1n) is 10.2. The number of hydrogen-bond acceptors (Lipinski definition) is 6. The van der Waals surface area contributed by atoms with Crippen LogP contribution in [0.1, 0.15) is 23.2 Å². The maximum absolute atomic E-state index is 12.7. The van der Waals surface area contributed by atoms with Crippen molar-refractivity contribution in [2.45, 2.75) is 17.7 Å². The number of nitrogens with zero attached hydrogens (tertiary/aromatic N) is 1. The van der Waals surface area contributed by atoms with Gasteiger partial charge in [0.1, 0.15) is 0 Å². The molecule has 0 unspecified atom stereocenters. The molecule has 0 saturated carbocycles. The lowest BCUT2D eigenvalue weighted by Gasteiger charge is -2.15. The predicted octanol–water partition coefficient (Wildman–Crippen LogP) is 3.66. The summed E-state index contributed by atoms with van der Waals surface area (Å²) in [5.41, 5.74) is 1.56. The lowest BCUT2D eigenvalue weighted by Crippen LogP contribution is -2.30. The summed E-state index contributed by atoms with van der Waals surface area (Å²) in [5, 5.41) is 2.78. The van der Waals surface area contributed by atoms with E-state index >= 15 is 0 Å². The van der Waals surface area contributed by atoms with Gasteiger partial charge in [-0.05, 0) is 61.4 Å². The van der Waals surface area contributed by atoms with Gasteiger partial charge in [-0.3, -0.25) is 19.3 Å². The van der Waals surface area contributed by atoms with Crippen LogP contribution >= 0.6 is 11.8 Å². The van der Waals surface area contributed by atoms with Crippen molar-refractivity contribution < 1.29 is 23.9 Å². The molecule has 1 saturated heterocycles. The number of methoxy groups -OCH3 is 1. The summed E-state index contributed by atoms with van der Waals surface area (Å²) in [5.74, 6) is -1.22. The number of hydrogen-bond donors (Lipinski definition) is 1. The van der Waals surface area contributed by atoms with Crippen molar-refractivity contribution in [1.82, 2.24) is 0 Å². The number of fused-ring (bicyclic) bond motifs is 1. The molecule has 1 aliphatic carbocycles. The number of esters is 1. The van der Waals surface area contributed by atoms with Crippen LogP contribution in [0.2, 0.25) is 0 Å². The molecule has 3 amide bonds. The van der Waals surface area contributed by atoms with E-state index in [9.17, 15) is 19.2 Å². The summed E-state index contributed by atoms with van der Waals surface area (Å²) in [6.45, 7) is 0. The van der Waals surface area contributed by atoms with Crippen molar-refractivity contribution in [2.24, 2.45) is 11.8 Å². The molecule has 0 aromatic heterocycles. The third-order valence-corrected chi connectivity index (χ3v) is 6.57. The Morgan fingerprint density at radius 3 is 2.12 bits per heavy atom. The Labute approximate surface area is 189 Å². The van der Waals surface area contributed by atoms with Gasteiger partial charge >= 0.3 is 5.97 Å². The molecule has 1 aliphatic heterocycles. The fourth-order valence-corrected chi connectivity index (χ4v) is 4.60. The van der Waals surface area contributed by atoms with Gasteiger partial charge in [0.05, 0.1) is 35.9 Å². The minimum atomic E-state index is -0.436. The largest absolute Gasteiger partial charge is 0.465 e. The summed E-state index contributed by atoms with van der Waals surface area (Å²) in [6, 6.07) is 13.5. The van der Waals surface area contributed by atoms with Crippen LogP contribution in [-0.2, 0) is 19.1 Å². The van der Waals surface area contributed by atoms with Crippen LogP contribution in [0.3, 0.4) is 0 Å². The molecule has 8 heteroatoms. The predicted molar refractivity (Wildman–Crippen MR) is 121 cm³/mol. The molecular weight excluding hydrogens is 428 g/mol. The highest BCUT2D eigenvalue weighted by atomic mass is 32.2. The smallest absolute Gasteiger partial charge is 0.337 e. The Bertz CT molecular complexity index is 1050. The van der Waals surface area contributed by atoms with Crippen molar-refractivity contribution in [3.63, 3.8) is 0 Å². The Morgan fingerprint density at radius 2 is 1.56 bits per heavy atom. The molecule has 0 radical (unpaired) electrons. The second kappa shape index (κ2) is 9.40. The topological polar surface area (TPSA) is 92.8 Å². The van der Waals surface area contributed by atoms with Gasteiger partial charge in [-0.15, -0.1) is 11.8 Å². The van der Waals surface area contributed by atoms with Crippen molar-refractivity contribution in [3.05, 3.63) is 66.2 Å². The first-order chi connectivity index (χ1) is 15.5. The maximum Gasteiger partial charge on any atom is 0.337 e. The summed E-state index contributed by atoms with van der Waals surface area (Å²) in [6.07, 6.45) is 5.16. The zero-order valence-electron chi connectivity index (χ0n) is 17.4. The number of thioether (sulfide) groups is 1. The molecule has 1 N–H and O–H groups in total. The normalized spacial score (nSPS) is 19.6. The second-order valence-corrected chi connectivity index (χ2v) is 8.62. The average molecular weight is 451 g/mol. The first-order valence-corrected chi connectivity index (χ1v) is 11.2. The maximum atomic E-state index is 12.7. The number of allylic oxidation sites excluding steroid dienone is 2. The molecule has 2 aliphatic rings. The number of benzene rings is 2. The number of carbonyl (C=O) groups excluding carboxylic acids is 4. The highest BCUT2D eigenvalue weighted by Crippen LogP contribution is 2.38. The van der Waals surface area contributed by atoms with E-state index < -0.39 is 5.97 Å². The molecular formula is C24H22N2O5S. The lowest BCUT2D eigenvalue weighted by atomic mass is 9.85. The molecule has 164 valence electrons. The Kier molecular flexibility index (Phi) is 6.41. The number of rotatable bonds is 6. The quantitative estimate of drug-likeness (QED) is 0.313. The molecule has 32 heavy (non-hydrogen) atoms.